The van der Waals surface area contributed by atoms with Crippen molar-refractivity contribution in [1.82, 2.24) is 9.97 Å². The highest BCUT2D eigenvalue weighted by Gasteiger charge is 2.16. The van der Waals surface area contributed by atoms with Crippen LogP contribution in [0.1, 0.15) is 31.3 Å². The number of thiophene rings is 1. The van der Waals surface area contributed by atoms with Crippen molar-refractivity contribution < 1.29 is 0 Å². The molecule has 0 spiro atoms. The Labute approximate surface area is 146 Å². The molecule has 0 fully saturated rings. The summed E-state index contributed by atoms with van der Waals surface area (Å²) in [5.74, 6) is 2.22. The molecule has 0 atom stereocenters. The average molecular weight is 433 g/mol. The van der Waals surface area contributed by atoms with Gasteiger partial charge in [-0.15, -0.1) is 11.3 Å². The topological polar surface area (TPSA) is 37.8 Å². The number of nitrogens with one attached hydrogen (secondary N) is 1. The molecule has 0 aromatic carbocycles. The van der Waals surface area contributed by atoms with Gasteiger partial charge in [0.15, 0.2) is 5.82 Å². The van der Waals surface area contributed by atoms with E-state index in [1.165, 1.54) is 4.88 Å². The lowest BCUT2D eigenvalue weighted by Crippen LogP contribution is -2.07. The summed E-state index contributed by atoms with van der Waals surface area (Å²) < 4.78 is 2.10. The molecule has 0 bridgehead atoms. The predicted octanol–water partition coefficient (Wildman–Crippen LogP) is 5.67. The van der Waals surface area contributed by atoms with Gasteiger partial charge in [0.25, 0.3) is 0 Å². The predicted molar refractivity (Wildman–Crippen MR) is 98.2 cm³/mol. The normalized spacial score (nSPS) is 11.2. The molecule has 21 heavy (non-hydrogen) atoms. The van der Waals surface area contributed by atoms with E-state index in [1.807, 2.05) is 0 Å². The van der Waals surface area contributed by atoms with Gasteiger partial charge in [0.2, 0.25) is 0 Å². The van der Waals surface area contributed by atoms with Crippen molar-refractivity contribution >= 4 is 49.0 Å². The number of nitrogens with zero attached hydrogens (tertiary/aromatic N) is 2. The van der Waals surface area contributed by atoms with Crippen LogP contribution in [0.15, 0.2) is 15.0 Å². The van der Waals surface area contributed by atoms with E-state index in [-0.39, 0.29) is 0 Å². The molecule has 2 aromatic rings. The molecule has 2 rings (SSSR count). The van der Waals surface area contributed by atoms with E-state index in [0.29, 0.717) is 5.92 Å². The van der Waals surface area contributed by atoms with Gasteiger partial charge in [-0.2, -0.15) is 0 Å². The number of hydrogen-bond donors (Lipinski definition) is 1. The first-order chi connectivity index (χ1) is 9.92. The Morgan fingerprint density at radius 2 is 2.00 bits per heavy atom. The van der Waals surface area contributed by atoms with Gasteiger partial charge in [-0.1, -0.05) is 13.8 Å². The van der Waals surface area contributed by atoms with Crippen LogP contribution < -0.4 is 5.32 Å². The maximum Gasteiger partial charge on any atom is 0.171 e. The third kappa shape index (κ3) is 4.05. The molecule has 1 N–H and O–H groups in total. The van der Waals surface area contributed by atoms with Crippen LogP contribution >= 0.6 is 43.2 Å². The van der Waals surface area contributed by atoms with Crippen LogP contribution in [0.4, 0.5) is 5.82 Å². The summed E-state index contributed by atoms with van der Waals surface area (Å²) in [7, 11) is 0. The zero-order valence-electron chi connectivity index (χ0n) is 12.6. The molecule has 6 heteroatoms. The molecular weight excluding hydrogens is 414 g/mol. The third-order valence-corrected chi connectivity index (χ3v) is 5.91. The van der Waals surface area contributed by atoms with Crippen LogP contribution in [0.3, 0.4) is 0 Å². The van der Waals surface area contributed by atoms with Crippen molar-refractivity contribution in [2.75, 3.05) is 11.9 Å². The lowest BCUT2D eigenvalue weighted by molar-refractivity contribution is 0.632. The summed E-state index contributed by atoms with van der Waals surface area (Å²) >= 11 is 8.92. The molecule has 0 aliphatic heterocycles. The van der Waals surface area contributed by atoms with Gasteiger partial charge in [-0.05, 0) is 64.1 Å². The molecular formula is C15H19Br2N3S. The second kappa shape index (κ2) is 7.20. The largest absolute Gasteiger partial charge is 0.369 e. The van der Waals surface area contributed by atoms with E-state index in [4.69, 9.17) is 4.98 Å². The molecule has 2 aromatic heterocycles. The molecule has 0 saturated carbocycles. The standard InChI is InChI=1S/C15H19Br2N3S/c1-5-18-15-13(17)11(6-8(2)3)19-14(20-15)12-7-10(16)9(4)21-12/h7-8H,5-6H2,1-4H3,(H,18,19,20). The lowest BCUT2D eigenvalue weighted by atomic mass is 10.1. The van der Waals surface area contributed by atoms with E-state index in [9.17, 15) is 0 Å². The minimum absolute atomic E-state index is 0.551. The van der Waals surface area contributed by atoms with E-state index in [1.54, 1.807) is 11.3 Å². The highest BCUT2D eigenvalue weighted by Crippen LogP contribution is 2.35. The monoisotopic (exact) mass is 431 g/mol. The molecule has 0 radical (unpaired) electrons. The second-order valence-corrected chi connectivity index (χ2v) is 8.20. The van der Waals surface area contributed by atoms with Crippen molar-refractivity contribution in [3.63, 3.8) is 0 Å². The van der Waals surface area contributed by atoms with Crippen LogP contribution in [-0.4, -0.2) is 16.5 Å². The fourth-order valence-electron chi connectivity index (χ4n) is 1.98. The first-order valence-corrected chi connectivity index (χ1v) is 9.39. The first kappa shape index (κ1) is 16.9. The van der Waals surface area contributed by atoms with Crippen molar-refractivity contribution in [1.29, 1.82) is 0 Å². The molecule has 0 unspecified atom stereocenters. The zero-order chi connectivity index (χ0) is 15.6. The molecule has 114 valence electrons. The summed E-state index contributed by atoms with van der Waals surface area (Å²) in [6.45, 7) is 9.41. The van der Waals surface area contributed by atoms with Gasteiger partial charge < -0.3 is 5.32 Å². The minimum Gasteiger partial charge on any atom is -0.369 e. The number of anilines is 1. The summed E-state index contributed by atoms with van der Waals surface area (Å²) in [6.07, 6.45) is 0.931. The van der Waals surface area contributed by atoms with Crippen LogP contribution in [0.25, 0.3) is 10.7 Å². The minimum atomic E-state index is 0.551. The number of aryl methyl sites for hydroxylation is 1. The van der Waals surface area contributed by atoms with Crippen molar-refractivity contribution in [2.24, 2.45) is 5.92 Å². The van der Waals surface area contributed by atoms with Crippen LogP contribution in [-0.2, 0) is 6.42 Å². The first-order valence-electron chi connectivity index (χ1n) is 6.99. The van der Waals surface area contributed by atoms with E-state index in [2.05, 4.69) is 75.9 Å². The van der Waals surface area contributed by atoms with E-state index >= 15 is 0 Å². The highest BCUT2D eigenvalue weighted by atomic mass is 79.9. The smallest absolute Gasteiger partial charge is 0.171 e. The third-order valence-electron chi connectivity index (χ3n) is 2.94. The van der Waals surface area contributed by atoms with Gasteiger partial charge in [0.05, 0.1) is 15.0 Å². The van der Waals surface area contributed by atoms with E-state index < -0.39 is 0 Å². The molecule has 0 aliphatic carbocycles. The quantitative estimate of drug-likeness (QED) is 0.661. The number of hydrogen-bond acceptors (Lipinski definition) is 4. The number of rotatable bonds is 5. The van der Waals surface area contributed by atoms with E-state index in [0.717, 1.165) is 44.1 Å². The molecule has 0 aliphatic rings. The van der Waals surface area contributed by atoms with Gasteiger partial charge in [-0.25, -0.2) is 9.97 Å². The fraction of sp³-hybridized carbons (Fsp3) is 0.467. The second-order valence-electron chi connectivity index (χ2n) is 5.30. The summed E-state index contributed by atoms with van der Waals surface area (Å²) in [5, 5.41) is 3.32. The maximum absolute atomic E-state index is 4.77. The van der Waals surface area contributed by atoms with Gasteiger partial charge >= 0.3 is 0 Å². The Balaban J connectivity index is 2.52. The zero-order valence-corrected chi connectivity index (χ0v) is 16.6. The summed E-state index contributed by atoms with van der Waals surface area (Å²) in [4.78, 5) is 11.8. The van der Waals surface area contributed by atoms with Crippen LogP contribution in [0.5, 0.6) is 0 Å². The molecule has 0 saturated heterocycles. The van der Waals surface area contributed by atoms with Crippen molar-refractivity contribution in [2.45, 2.75) is 34.1 Å². The Bertz CT molecular complexity index is 619. The SMILES string of the molecule is CCNc1nc(-c2cc(Br)c(C)s2)nc(CC(C)C)c1Br. The number of halogens is 2. The van der Waals surface area contributed by atoms with Crippen molar-refractivity contribution in [3.8, 4) is 10.7 Å². The Hall–Kier alpha value is -0.460. The summed E-state index contributed by atoms with van der Waals surface area (Å²) in [5.41, 5.74) is 1.06. The Morgan fingerprint density at radius 1 is 1.29 bits per heavy atom. The molecule has 2 heterocycles. The fourth-order valence-corrected chi connectivity index (χ4v) is 3.93. The van der Waals surface area contributed by atoms with Gasteiger partial charge in [0, 0.05) is 15.9 Å². The molecule has 3 nitrogen and oxygen atoms in total. The van der Waals surface area contributed by atoms with Crippen LogP contribution in [0, 0.1) is 12.8 Å². The van der Waals surface area contributed by atoms with Crippen molar-refractivity contribution in [3.05, 3.63) is 25.6 Å². The lowest BCUT2D eigenvalue weighted by Gasteiger charge is -2.13. The summed E-state index contributed by atoms with van der Waals surface area (Å²) in [6, 6.07) is 2.10. The van der Waals surface area contributed by atoms with Gasteiger partial charge in [0.1, 0.15) is 5.82 Å². The maximum atomic E-state index is 4.77. The average Bonchev–Trinajstić information content (AvgIpc) is 2.74. The van der Waals surface area contributed by atoms with Gasteiger partial charge in [-0.3, -0.25) is 0 Å². The Kier molecular flexibility index (Phi) is 5.80. The number of aromatic nitrogens is 2. The van der Waals surface area contributed by atoms with Crippen LogP contribution in [0.2, 0.25) is 0 Å². The highest BCUT2D eigenvalue weighted by molar-refractivity contribution is 9.11. The Morgan fingerprint density at radius 3 is 2.52 bits per heavy atom. The molecule has 0 amide bonds.